The van der Waals surface area contributed by atoms with Crippen LogP contribution in [0, 0.1) is 10.1 Å². The number of non-ortho nitro benzene ring substituents is 1. The number of nitrogens with zero attached hydrogens (tertiary/aromatic N) is 1. The van der Waals surface area contributed by atoms with Gasteiger partial charge in [-0.25, -0.2) is 0 Å². The van der Waals surface area contributed by atoms with Gasteiger partial charge >= 0.3 is 0 Å². The van der Waals surface area contributed by atoms with Crippen molar-refractivity contribution in [2.24, 2.45) is 0 Å². The second kappa shape index (κ2) is 7.65. The highest BCUT2D eigenvalue weighted by Crippen LogP contribution is 2.27. The summed E-state index contributed by atoms with van der Waals surface area (Å²) in [5.74, 6) is 0.287. The Morgan fingerprint density at radius 2 is 2.04 bits per heavy atom. The molecule has 1 atom stereocenters. The number of nitrogens with one attached hydrogen (secondary N) is 2. The zero-order valence-corrected chi connectivity index (χ0v) is 13.8. The van der Waals surface area contributed by atoms with Crippen molar-refractivity contribution in [2.75, 3.05) is 17.7 Å². The largest absolute Gasteiger partial charge is 0.497 e. The van der Waals surface area contributed by atoms with Crippen LogP contribution < -0.4 is 15.4 Å². The van der Waals surface area contributed by atoms with Gasteiger partial charge in [-0.2, -0.15) is 0 Å². The molecule has 2 rings (SSSR count). The lowest BCUT2D eigenvalue weighted by atomic mass is 10.2. The minimum absolute atomic E-state index is 0.150. The molecule has 0 unspecified atom stereocenters. The molecule has 0 fully saturated rings. The molecule has 0 heterocycles. The Labute approximate surface area is 143 Å². The molecule has 0 aromatic heterocycles. The Morgan fingerprint density at radius 3 is 2.71 bits per heavy atom. The third-order valence-corrected chi connectivity index (χ3v) is 3.59. The maximum Gasteiger partial charge on any atom is 0.271 e. The number of nitro benzene ring substituents is 1. The van der Waals surface area contributed by atoms with E-state index in [4.69, 9.17) is 16.3 Å². The number of carbonyl (C=O) groups excluding carboxylic acids is 1. The predicted molar refractivity (Wildman–Crippen MR) is 92.8 cm³/mol. The molecule has 1 amide bonds. The van der Waals surface area contributed by atoms with Gasteiger partial charge in [0.05, 0.1) is 22.7 Å². The predicted octanol–water partition coefficient (Wildman–Crippen LogP) is 3.70. The number of hydrogen-bond donors (Lipinski definition) is 2. The second-order valence-electron chi connectivity index (χ2n) is 5.01. The molecular formula is C16H16ClN3O4. The molecule has 126 valence electrons. The molecule has 8 heteroatoms. The Bertz CT molecular complexity index is 767. The lowest BCUT2D eigenvalue weighted by Crippen LogP contribution is -2.32. The maximum atomic E-state index is 12.3. The lowest BCUT2D eigenvalue weighted by molar-refractivity contribution is -0.384. The van der Waals surface area contributed by atoms with E-state index >= 15 is 0 Å². The Hall–Kier alpha value is -2.80. The summed E-state index contributed by atoms with van der Waals surface area (Å²) in [5.41, 5.74) is 0.750. The third kappa shape index (κ3) is 4.36. The van der Waals surface area contributed by atoms with Crippen molar-refractivity contribution < 1.29 is 14.5 Å². The topological polar surface area (TPSA) is 93.5 Å². The molecule has 0 bridgehead atoms. The summed E-state index contributed by atoms with van der Waals surface area (Å²) in [6.45, 7) is 1.67. The number of benzene rings is 2. The number of rotatable bonds is 6. The molecule has 0 aliphatic heterocycles. The summed E-state index contributed by atoms with van der Waals surface area (Å²) in [5, 5.41) is 16.6. The number of anilines is 2. The van der Waals surface area contributed by atoms with Gasteiger partial charge in [0.2, 0.25) is 5.91 Å². The monoisotopic (exact) mass is 349 g/mol. The van der Waals surface area contributed by atoms with Crippen LogP contribution in [0.2, 0.25) is 5.02 Å². The number of hydrogen-bond acceptors (Lipinski definition) is 5. The first-order valence-corrected chi connectivity index (χ1v) is 7.44. The number of ether oxygens (including phenoxy) is 1. The van der Waals surface area contributed by atoms with Crippen molar-refractivity contribution in [3.05, 3.63) is 57.6 Å². The first kappa shape index (κ1) is 17.6. The van der Waals surface area contributed by atoms with E-state index in [2.05, 4.69) is 10.6 Å². The van der Waals surface area contributed by atoms with Gasteiger partial charge in [0.25, 0.3) is 5.69 Å². The van der Waals surface area contributed by atoms with E-state index in [1.165, 1.54) is 18.2 Å². The van der Waals surface area contributed by atoms with Crippen LogP contribution in [0.25, 0.3) is 0 Å². The van der Waals surface area contributed by atoms with E-state index in [1.54, 1.807) is 38.3 Å². The van der Waals surface area contributed by atoms with Crippen LogP contribution in [0.3, 0.4) is 0 Å². The SMILES string of the molecule is COc1cccc(N[C@@H](C)C(=O)Nc2cc([N+](=O)[O-])ccc2Cl)c1. The van der Waals surface area contributed by atoms with E-state index in [1.807, 2.05) is 0 Å². The molecule has 2 aromatic rings. The molecule has 24 heavy (non-hydrogen) atoms. The zero-order valence-electron chi connectivity index (χ0n) is 13.1. The standard InChI is InChI=1S/C16H16ClN3O4/c1-10(18-11-4-3-5-13(8-11)24-2)16(21)19-15-9-12(20(22)23)6-7-14(15)17/h3-10,18H,1-2H3,(H,19,21)/t10-/m0/s1. The number of amides is 1. The minimum atomic E-state index is -0.590. The highest BCUT2D eigenvalue weighted by molar-refractivity contribution is 6.33. The Morgan fingerprint density at radius 1 is 1.29 bits per heavy atom. The van der Waals surface area contributed by atoms with Gasteiger partial charge in [0.1, 0.15) is 11.8 Å². The fourth-order valence-electron chi connectivity index (χ4n) is 1.99. The van der Waals surface area contributed by atoms with Gasteiger partial charge in [-0.1, -0.05) is 17.7 Å². The van der Waals surface area contributed by atoms with Crippen LogP contribution in [0.5, 0.6) is 5.75 Å². The molecule has 2 aromatic carbocycles. The van der Waals surface area contributed by atoms with Crippen molar-refractivity contribution in [1.82, 2.24) is 0 Å². The van der Waals surface area contributed by atoms with Gasteiger partial charge in [0.15, 0.2) is 0 Å². The molecule has 0 radical (unpaired) electrons. The summed E-state index contributed by atoms with van der Waals surface area (Å²) in [6, 6.07) is 10.4. The van der Waals surface area contributed by atoms with E-state index in [9.17, 15) is 14.9 Å². The average Bonchev–Trinajstić information content (AvgIpc) is 2.56. The van der Waals surface area contributed by atoms with E-state index in [-0.39, 0.29) is 22.3 Å². The van der Waals surface area contributed by atoms with Gasteiger partial charge in [-0.05, 0) is 25.1 Å². The van der Waals surface area contributed by atoms with Crippen molar-refractivity contribution in [3.8, 4) is 5.75 Å². The van der Waals surface area contributed by atoms with Crippen molar-refractivity contribution >= 4 is 34.6 Å². The lowest BCUT2D eigenvalue weighted by Gasteiger charge is -2.16. The van der Waals surface area contributed by atoms with Crippen LogP contribution in [-0.4, -0.2) is 24.0 Å². The van der Waals surface area contributed by atoms with Gasteiger partial charge in [-0.15, -0.1) is 0 Å². The highest BCUT2D eigenvalue weighted by Gasteiger charge is 2.16. The van der Waals surface area contributed by atoms with Crippen LogP contribution in [0.15, 0.2) is 42.5 Å². The van der Waals surface area contributed by atoms with Gasteiger partial charge < -0.3 is 15.4 Å². The van der Waals surface area contributed by atoms with Crippen LogP contribution in [0.4, 0.5) is 17.1 Å². The molecule has 0 saturated carbocycles. The first-order valence-electron chi connectivity index (χ1n) is 7.06. The van der Waals surface area contributed by atoms with E-state index in [0.717, 1.165) is 0 Å². The number of methoxy groups -OCH3 is 1. The molecule has 0 spiro atoms. The maximum absolute atomic E-state index is 12.3. The fraction of sp³-hybridized carbons (Fsp3) is 0.188. The summed E-state index contributed by atoms with van der Waals surface area (Å²) in [6.07, 6.45) is 0. The molecular weight excluding hydrogens is 334 g/mol. The Balaban J connectivity index is 2.08. The average molecular weight is 350 g/mol. The quantitative estimate of drug-likeness (QED) is 0.612. The molecule has 0 aliphatic carbocycles. The van der Waals surface area contributed by atoms with Gasteiger partial charge in [-0.3, -0.25) is 14.9 Å². The van der Waals surface area contributed by atoms with Crippen LogP contribution >= 0.6 is 11.6 Å². The second-order valence-corrected chi connectivity index (χ2v) is 5.42. The molecule has 7 nitrogen and oxygen atoms in total. The molecule has 2 N–H and O–H groups in total. The minimum Gasteiger partial charge on any atom is -0.497 e. The van der Waals surface area contributed by atoms with Crippen LogP contribution in [-0.2, 0) is 4.79 Å². The number of nitro groups is 1. The summed E-state index contributed by atoms with van der Waals surface area (Å²) >= 11 is 5.98. The van der Waals surface area contributed by atoms with E-state index < -0.39 is 11.0 Å². The summed E-state index contributed by atoms with van der Waals surface area (Å²) < 4.78 is 5.12. The number of halogens is 1. The summed E-state index contributed by atoms with van der Waals surface area (Å²) in [7, 11) is 1.56. The van der Waals surface area contributed by atoms with Crippen molar-refractivity contribution in [2.45, 2.75) is 13.0 Å². The highest BCUT2D eigenvalue weighted by atomic mass is 35.5. The zero-order chi connectivity index (χ0) is 17.7. The Kier molecular flexibility index (Phi) is 5.59. The van der Waals surface area contributed by atoms with Crippen LogP contribution in [0.1, 0.15) is 6.92 Å². The first-order chi connectivity index (χ1) is 11.4. The van der Waals surface area contributed by atoms with E-state index in [0.29, 0.717) is 11.4 Å². The smallest absolute Gasteiger partial charge is 0.271 e. The van der Waals surface area contributed by atoms with Gasteiger partial charge in [0, 0.05) is 23.9 Å². The molecule has 0 saturated heterocycles. The number of carbonyl (C=O) groups is 1. The fourth-order valence-corrected chi connectivity index (χ4v) is 2.16. The molecule has 0 aliphatic rings. The summed E-state index contributed by atoms with van der Waals surface area (Å²) in [4.78, 5) is 22.5. The third-order valence-electron chi connectivity index (χ3n) is 3.26. The normalized spacial score (nSPS) is 11.5. The van der Waals surface area contributed by atoms with Crippen molar-refractivity contribution in [1.29, 1.82) is 0 Å². The van der Waals surface area contributed by atoms with Crippen molar-refractivity contribution in [3.63, 3.8) is 0 Å².